The van der Waals surface area contributed by atoms with Crippen molar-refractivity contribution in [3.63, 3.8) is 0 Å². The predicted molar refractivity (Wildman–Crippen MR) is 98.4 cm³/mol. The maximum atomic E-state index is 12.4. The molecule has 2 aromatic rings. The van der Waals surface area contributed by atoms with Gasteiger partial charge in [0.15, 0.2) is 0 Å². The molecule has 2 heterocycles. The van der Waals surface area contributed by atoms with Crippen molar-refractivity contribution in [2.75, 3.05) is 26.7 Å². The molecule has 1 fully saturated rings. The first-order chi connectivity index (χ1) is 12.6. The molecule has 0 saturated carbocycles. The van der Waals surface area contributed by atoms with Crippen molar-refractivity contribution in [1.29, 1.82) is 0 Å². The van der Waals surface area contributed by atoms with E-state index in [1.165, 1.54) is 32.0 Å². The van der Waals surface area contributed by atoms with Crippen LogP contribution in [0.4, 0.5) is 0 Å². The Morgan fingerprint density at radius 2 is 1.88 bits per heavy atom. The number of aryl methyl sites for hydroxylation is 1. The number of rotatable bonds is 6. The lowest BCUT2D eigenvalue weighted by molar-refractivity contribution is 0.0930. The standard InChI is InChI=1S/C19H24N4O3/c1-22-18(24)10-9-16(21-22)19(25)20-13-17(23-11-3-4-12-23)14-5-7-15(26-2)8-6-14/h5-10,17H,3-4,11-13H2,1-2H3,(H,20,25)/t17-/m0/s1. The largest absolute Gasteiger partial charge is 0.497 e. The van der Waals surface area contributed by atoms with E-state index < -0.39 is 0 Å². The fraction of sp³-hybridized carbons (Fsp3) is 0.421. The minimum absolute atomic E-state index is 0.0971. The highest BCUT2D eigenvalue weighted by atomic mass is 16.5. The number of nitrogens with zero attached hydrogens (tertiary/aromatic N) is 3. The van der Waals surface area contributed by atoms with E-state index in [-0.39, 0.29) is 23.2 Å². The number of likely N-dealkylation sites (tertiary alicyclic amines) is 1. The highest BCUT2D eigenvalue weighted by Crippen LogP contribution is 2.26. The summed E-state index contributed by atoms with van der Waals surface area (Å²) in [5, 5.41) is 6.97. The van der Waals surface area contributed by atoms with Crippen LogP contribution >= 0.6 is 0 Å². The van der Waals surface area contributed by atoms with Gasteiger partial charge < -0.3 is 10.1 Å². The smallest absolute Gasteiger partial charge is 0.271 e. The fourth-order valence-corrected chi connectivity index (χ4v) is 3.24. The van der Waals surface area contributed by atoms with E-state index in [1.54, 1.807) is 7.11 Å². The number of carbonyl (C=O) groups excluding carboxylic acids is 1. The van der Waals surface area contributed by atoms with Gasteiger partial charge in [0.05, 0.1) is 13.2 Å². The van der Waals surface area contributed by atoms with Crippen molar-refractivity contribution in [3.8, 4) is 5.75 Å². The topological polar surface area (TPSA) is 76.5 Å². The van der Waals surface area contributed by atoms with E-state index in [1.807, 2.05) is 24.3 Å². The molecule has 26 heavy (non-hydrogen) atoms. The first-order valence-electron chi connectivity index (χ1n) is 8.79. The summed E-state index contributed by atoms with van der Waals surface area (Å²) >= 11 is 0. The van der Waals surface area contributed by atoms with Crippen LogP contribution in [-0.4, -0.2) is 47.3 Å². The van der Waals surface area contributed by atoms with Gasteiger partial charge in [-0.05, 0) is 49.7 Å². The van der Waals surface area contributed by atoms with E-state index >= 15 is 0 Å². The van der Waals surface area contributed by atoms with Crippen LogP contribution in [0.15, 0.2) is 41.2 Å². The molecule has 138 valence electrons. The molecular weight excluding hydrogens is 332 g/mol. The summed E-state index contributed by atoms with van der Waals surface area (Å²) < 4.78 is 6.39. The molecular formula is C19H24N4O3. The second-order valence-corrected chi connectivity index (χ2v) is 6.42. The second-order valence-electron chi connectivity index (χ2n) is 6.42. The lowest BCUT2D eigenvalue weighted by atomic mass is 10.1. The van der Waals surface area contributed by atoms with Crippen molar-refractivity contribution in [2.45, 2.75) is 18.9 Å². The molecule has 0 bridgehead atoms. The normalized spacial score (nSPS) is 15.6. The fourth-order valence-electron chi connectivity index (χ4n) is 3.24. The average molecular weight is 356 g/mol. The van der Waals surface area contributed by atoms with E-state index in [9.17, 15) is 9.59 Å². The van der Waals surface area contributed by atoms with Gasteiger partial charge in [-0.3, -0.25) is 14.5 Å². The molecule has 1 aromatic carbocycles. The molecule has 7 heteroatoms. The van der Waals surface area contributed by atoms with Gasteiger partial charge in [0.2, 0.25) is 0 Å². The number of amides is 1. The van der Waals surface area contributed by atoms with Crippen LogP contribution in [0, 0.1) is 0 Å². The van der Waals surface area contributed by atoms with Crippen LogP contribution in [0.2, 0.25) is 0 Å². The zero-order valence-electron chi connectivity index (χ0n) is 15.1. The Hall–Kier alpha value is -2.67. The molecule has 0 aliphatic carbocycles. The number of ether oxygens (including phenoxy) is 1. The van der Waals surface area contributed by atoms with E-state index in [0.29, 0.717) is 6.54 Å². The second kappa shape index (κ2) is 8.14. The molecule has 1 N–H and O–H groups in total. The third-order valence-corrected chi connectivity index (χ3v) is 4.73. The van der Waals surface area contributed by atoms with Gasteiger partial charge in [-0.25, -0.2) is 4.68 Å². The van der Waals surface area contributed by atoms with E-state index in [2.05, 4.69) is 15.3 Å². The molecule has 0 unspecified atom stereocenters. The summed E-state index contributed by atoms with van der Waals surface area (Å²) in [7, 11) is 3.18. The van der Waals surface area contributed by atoms with Crippen LogP contribution in [0.1, 0.15) is 34.9 Å². The molecule has 3 rings (SSSR count). The molecule has 1 aliphatic heterocycles. The molecule has 0 radical (unpaired) electrons. The summed E-state index contributed by atoms with van der Waals surface area (Å²) in [5.41, 5.74) is 1.14. The first-order valence-corrected chi connectivity index (χ1v) is 8.79. The van der Waals surface area contributed by atoms with E-state index in [4.69, 9.17) is 4.74 Å². The van der Waals surface area contributed by atoms with Crippen LogP contribution in [-0.2, 0) is 7.05 Å². The lowest BCUT2D eigenvalue weighted by Crippen LogP contribution is -2.37. The summed E-state index contributed by atoms with van der Waals surface area (Å²) in [6, 6.07) is 10.9. The minimum atomic E-state index is -0.279. The van der Waals surface area contributed by atoms with Crippen LogP contribution in [0.25, 0.3) is 0 Å². The first kappa shape index (κ1) is 18.1. The number of methoxy groups -OCH3 is 1. The zero-order chi connectivity index (χ0) is 18.5. The van der Waals surface area contributed by atoms with Crippen molar-refractivity contribution in [1.82, 2.24) is 20.0 Å². The maximum absolute atomic E-state index is 12.4. The molecule has 1 saturated heterocycles. The Labute approximate surface area is 152 Å². The average Bonchev–Trinajstić information content (AvgIpc) is 3.19. The summed E-state index contributed by atoms with van der Waals surface area (Å²) in [6.45, 7) is 2.52. The van der Waals surface area contributed by atoms with Gasteiger partial charge in [-0.15, -0.1) is 0 Å². The Morgan fingerprint density at radius 1 is 1.19 bits per heavy atom. The number of hydrogen-bond donors (Lipinski definition) is 1. The van der Waals surface area contributed by atoms with Crippen molar-refractivity contribution in [3.05, 3.63) is 58.0 Å². The van der Waals surface area contributed by atoms with Gasteiger partial charge in [-0.2, -0.15) is 5.10 Å². The number of nitrogens with one attached hydrogen (secondary N) is 1. The Kier molecular flexibility index (Phi) is 5.68. The molecule has 0 spiro atoms. The number of hydrogen-bond acceptors (Lipinski definition) is 5. The van der Waals surface area contributed by atoms with Gasteiger partial charge in [0.25, 0.3) is 11.5 Å². The summed E-state index contributed by atoms with van der Waals surface area (Å²) in [4.78, 5) is 26.2. The SMILES string of the molecule is COc1ccc([C@H](CNC(=O)c2ccc(=O)n(C)n2)N2CCCC2)cc1. The van der Waals surface area contributed by atoms with Gasteiger partial charge in [0, 0.05) is 19.7 Å². The zero-order valence-corrected chi connectivity index (χ0v) is 15.1. The Morgan fingerprint density at radius 3 is 2.50 bits per heavy atom. The monoisotopic (exact) mass is 356 g/mol. The van der Waals surface area contributed by atoms with E-state index in [0.717, 1.165) is 29.1 Å². The van der Waals surface area contributed by atoms with Crippen molar-refractivity contribution < 1.29 is 9.53 Å². The maximum Gasteiger partial charge on any atom is 0.271 e. The quantitative estimate of drug-likeness (QED) is 0.846. The molecule has 7 nitrogen and oxygen atoms in total. The van der Waals surface area contributed by atoms with Gasteiger partial charge >= 0.3 is 0 Å². The third-order valence-electron chi connectivity index (χ3n) is 4.73. The minimum Gasteiger partial charge on any atom is -0.497 e. The highest BCUT2D eigenvalue weighted by molar-refractivity contribution is 5.92. The number of benzene rings is 1. The summed E-state index contributed by atoms with van der Waals surface area (Å²) in [5.74, 6) is 0.533. The predicted octanol–water partition coefficient (Wildman–Crippen LogP) is 1.36. The molecule has 1 atom stereocenters. The van der Waals surface area contributed by atoms with Gasteiger partial charge in [0.1, 0.15) is 11.4 Å². The molecule has 1 aliphatic rings. The van der Waals surface area contributed by atoms with Crippen LogP contribution in [0.5, 0.6) is 5.75 Å². The van der Waals surface area contributed by atoms with Crippen molar-refractivity contribution >= 4 is 5.91 Å². The Bertz CT molecular complexity index is 810. The number of aromatic nitrogens is 2. The Balaban J connectivity index is 1.73. The molecule has 1 aromatic heterocycles. The summed E-state index contributed by atoms with van der Waals surface area (Å²) in [6.07, 6.45) is 2.34. The van der Waals surface area contributed by atoms with Crippen LogP contribution < -0.4 is 15.6 Å². The number of carbonyl (C=O) groups is 1. The van der Waals surface area contributed by atoms with Gasteiger partial charge in [-0.1, -0.05) is 12.1 Å². The molecule has 1 amide bonds. The lowest BCUT2D eigenvalue weighted by Gasteiger charge is -2.28. The van der Waals surface area contributed by atoms with Crippen LogP contribution in [0.3, 0.4) is 0 Å². The van der Waals surface area contributed by atoms with Crippen molar-refractivity contribution in [2.24, 2.45) is 7.05 Å². The third kappa shape index (κ3) is 4.11. The highest BCUT2D eigenvalue weighted by Gasteiger charge is 2.24.